The van der Waals surface area contributed by atoms with Crippen LogP contribution in [0, 0.1) is 6.92 Å². The van der Waals surface area contributed by atoms with Gasteiger partial charge < -0.3 is 14.8 Å². The van der Waals surface area contributed by atoms with Gasteiger partial charge >= 0.3 is 0 Å². The average Bonchev–Trinajstić information content (AvgIpc) is 2.82. The van der Waals surface area contributed by atoms with Gasteiger partial charge in [-0.1, -0.05) is 6.07 Å². The van der Waals surface area contributed by atoms with E-state index in [1.54, 1.807) is 12.4 Å². The van der Waals surface area contributed by atoms with Gasteiger partial charge in [-0.05, 0) is 80.9 Å². The molecule has 168 valence electrons. The van der Waals surface area contributed by atoms with Crippen LogP contribution in [-0.4, -0.2) is 28.8 Å². The van der Waals surface area contributed by atoms with Crippen molar-refractivity contribution in [2.45, 2.75) is 20.8 Å². The van der Waals surface area contributed by atoms with Crippen molar-refractivity contribution in [3.8, 4) is 11.5 Å². The molecule has 0 radical (unpaired) electrons. The van der Waals surface area contributed by atoms with E-state index in [9.17, 15) is 4.79 Å². The Morgan fingerprint density at radius 2 is 1.61 bits per heavy atom. The molecule has 0 amide bonds. The maximum atomic E-state index is 13.3. The largest absolute Gasteiger partial charge is 0.494 e. The summed E-state index contributed by atoms with van der Waals surface area (Å²) >= 11 is 0. The van der Waals surface area contributed by atoms with Gasteiger partial charge in [0.25, 0.3) is 5.56 Å². The van der Waals surface area contributed by atoms with Crippen LogP contribution < -0.4 is 20.3 Å². The quantitative estimate of drug-likeness (QED) is 0.375. The Morgan fingerprint density at radius 3 is 2.24 bits per heavy atom. The predicted molar refractivity (Wildman–Crippen MR) is 132 cm³/mol. The molecule has 2 aromatic carbocycles. The first-order valence-corrected chi connectivity index (χ1v) is 10.9. The Balaban J connectivity index is 1.74. The molecule has 0 aliphatic carbocycles. The third kappa shape index (κ3) is 5.03. The number of hydrogen-bond acceptors (Lipinski definition) is 6. The standard InChI is InChI=1S/C26H26N4O3/c1-4-32-21-12-8-19(9-13-21)27-17-23-24(28-20-10-14-22(15-11-20)33-5-2)29-25-18(3)7-6-16-30(25)26(23)31/h6-17,28H,4-5H2,1-3H3. The van der Waals surface area contributed by atoms with E-state index >= 15 is 0 Å². The Kier molecular flexibility index (Phi) is 6.69. The van der Waals surface area contributed by atoms with E-state index in [0.29, 0.717) is 35.9 Å². The highest BCUT2D eigenvalue weighted by atomic mass is 16.5. The van der Waals surface area contributed by atoms with Crippen LogP contribution in [0.1, 0.15) is 25.0 Å². The molecule has 4 aromatic rings. The van der Waals surface area contributed by atoms with Crippen molar-refractivity contribution in [1.29, 1.82) is 0 Å². The summed E-state index contributed by atoms with van der Waals surface area (Å²) in [6.07, 6.45) is 3.27. The molecule has 33 heavy (non-hydrogen) atoms. The van der Waals surface area contributed by atoms with E-state index in [0.717, 1.165) is 22.7 Å². The van der Waals surface area contributed by atoms with E-state index in [1.807, 2.05) is 81.4 Å². The summed E-state index contributed by atoms with van der Waals surface area (Å²) in [5, 5.41) is 3.27. The maximum absolute atomic E-state index is 13.3. The lowest BCUT2D eigenvalue weighted by Crippen LogP contribution is -2.22. The molecule has 0 saturated heterocycles. The number of nitrogens with zero attached hydrogens (tertiary/aromatic N) is 3. The van der Waals surface area contributed by atoms with E-state index in [2.05, 4.69) is 10.3 Å². The topological polar surface area (TPSA) is 77.2 Å². The molecule has 0 fully saturated rings. The average molecular weight is 443 g/mol. The van der Waals surface area contributed by atoms with Gasteiger partial charge in [0.15, 0.2) is 0 Å². The number of nitrogens with one attached hydrogen (secondary N) is 1. The molecule has 0 saturated carbocycles. The molecule has 2 heterocycles. The maximum Gasteiger partial charge on any atom is 0.268 e. The highest BCUT2D eigenvalue weighted by Gasteiger charge is 2.13. The molecule has 0 atom stereocenters. The molecule has 0 bridgehead atoms. The zero-order valence-electron chi connectivity index (χ0n) is 18.9. The summed E-state index contributed by atoms with van der Waals surface area (Å²) in [4.78, 5) is 22.6. The van der Waals surface area contributed by atoms with Crippen LogP contribution in [0.15, 0.2) is 76.6 Å². The number of aromatic nitrogens is 2. The second kappa shape index (κ2) is 9.99. The second-order valence-electron chi connectivity index (χ2n) is 7.33. The van der Waals surface area contributed by atoms with Crippen molar-refractivity contribution in [2.75, 3.05) is 18.5 Å². The minimum atomic E-state index is -0.202. The summed E-state index contributed by atoms with van der Waals surface area (Å²) in [6.45, 7) is 7.00. The predicted octanol–water partition coefficient (Wildman–Crippen LogP) is 5.29. The van der Waals surface area contributed by atoms with E-state index < -0.39 is 0 Å². The normalized spacial score (nSPS) is 11.1. The SMILES string of the molecule is CCOc1ccc(N=Cc2c(Nc3ccc(OCC)cc3)nc3c(C)cccn3c2=O)cc1. The molecular formula is C26H26N4O3. The molecule has 0 spiro atoms. The Morgan fingerprint density at radius 1 is 0.970 bits per heavy atom. The molecule has 2 aromatic heterocycles. The number of aliphatic imine (C=N–C) groups is 1. The third-order valence-corrected chi connectivity index (χ3v) is 5.00. The fourth-order valence-corrected chi connectivity index (χ4v) is 3.40. The number of benzene rings is 2. The van der Waals surface area contributed by atoms with Gasteiger partial charge in [-0.25, -0.2) is 4.98 Å². The number of anilines is 2. The summed E-state index contributed by atoms with van der Waals surface area (Å²) in [5.74, 6) is 1.99. The van der Waals surface area contributed by atoms with E-state index in [-0.39, 0.29) is 5.56 Å². The van der Waals surface area contributed by atoms with Crippen LogP contribution in [0.3, 0.4) is 0 Å². The van der Waals surface area contributed by atoms with Gasteiger partial charge in [0, 0.05) is 18.1 Å². The van der Waals surface area contributed by atoms with Crippen LogP contribution in [-0.2, 0) is 0 Å². The van der Waals surface area contributed by atoms with Gasteiger partial charge in [0.1, 0.15) is 28.5 Å². The minimum absolute atomic E-state index is 0.202. The van der Waals surface area contributed by atoms with Gasteiger partial charge in [0.05, 0.1) is 18.9 Å². The van der Waals surface area contributed by atoms with Crippen molar-refractivity contribution in [3.63, 3.8) is 0 Å². The summed E-state index contributed by atoms with van der Waals surface area (Å²) in [7, 11) is 0. The van der Waals surface area contributed by atoms with Crippen molar-refractivity contribution in [2.24, 2.45) is 4.99 Å². The lowest BCUT2D eigenvalue weighted by Gasteiger charge is -2.12. The smallest absolute Gasteiger partial charge is 0.268 e. The van der Waals surface area contributed by atoms with E-state index in [1.165, 1.54) is 4.40 Å². The molecule has 0 aliphatic heterocycles. The Hall–Kier alpha value is -4.13. The lowest BCUT2D eigenvalue weighted by atomic mass is 10.2. The van der Waals surface area contributed by atoms with Crippen LogP contribution in [0.25, 0.3) is 5.65 Å². The Bertz CT molecular complexity index is 1330. The summed E-state index contributed by atoms with van der Waals surface area (Å²) in [5.41, 5.74) is 3.15. The lowest BCUT2D eigenvalue weighted by molar-refractivity contribution is 0.340. The molecule has 7 nitrogen and oxygen atoms in total. The second-order valence-corrected chi connectivity index (χ2v) is 7.33. The highest BCUT2D eigenvalue weighted by molar-refractivity contribution is 5.89. The number of ether oxygens (including phenoxy) is 2. The van der Waals surface area contributed by atoms with Gasteiger partial charge in [-0.15, -0.1) is 0 Å². The summed E-state index contributed by atoms with van der Waals surface area (Å²) < 4.78 is 12.5. The van der Waals surface area contributed by atoms with Gasteiger partial charge in [0.2, 0.25) is 0 Å². The minimum Gasteiger partial charge on any atom is -0.494 e. The van der Waals surface area contributed by atoms with Crippen molar-refractivity contribution >= 4 is 29.1 Å². The molecule has 1 N–H and O–H groups in total. The van der Waals surface area contributed by atoms with Crippen molar-refractivity contribution in [1.82, 2.24) is 9.38 Å². The zero-order valence-corrected chi connectivity index (χ0v) is 18.9. The summed E-state index contributed by atoms with van der Waals surface area (Å²) in [6, 6.07) is 18.7. The zero-order chi connectivity index (χ0) is 23.2. The highest BCUT2D eigenvalue weighted by Crippen LogP contribution is 2.22. The first-order chi connectivity index (χ1) is 16.1. The van der Waals surface area contributed by atoms with Gasteiger partial charge in [-0.3, -0.25) is 14.2 Å². The number of rotatable bonds is 8. The van der Waals surface area contributed by atoms with Gasteiger partial charge in [-0.2, -0.15) is 0 Å². The fraction of sp³-hybridized carbons (Fsp3) is 0.192. The number of aryl methyl sites for hydroxylation is 1. The van der Waals surface area contributed by atoms with Crippen molar-refractivity contribution in [3.05, 3.63) is 88.3 Å². The molecule has 0 unspecified atom stereocenters. The molecule has 7 heteroatoms. The third-order valence-electron chi connectivity index (χ3n) is 5.00. The number of pyridine rings is 1. The van der Waals surface area contributed by atoms with Crippen LogP contribution in [0.4, 0.5) is 17.2 Å². The van der Waals surface area contributed by atoms with Crippen molar-refractivity contribution < 1.29 is 9.47 Å². The Labute approximate surface area is 192 Å². The first kappa shape index (κ1) is 22.1. The number of hydrogen-bond donors (Lipinski definition) is 1. The van der Waals surface area contributed by atoms with Crippen LogP contribution >= 0.6 is 0 Å². The number of fused-ring (bicyclic) bond motifs is 1. The first-order valence-electron chi connectivity index (χ1n) is 10.9. The van der Waals surface area contributed by atoms with E-state index in [4.69, 9.17) is 14.5 Å². The van der Waals surface area contributed by atoms with Crippen LogP contribution in [0.5, 0.6) is 11.5 Å². The van der Waals surface area contributed by atoms with Crippen LogP contribution in [0.2, 0.25) is 0 Å². The molecular weight excluding hydrogens is 416 g/mol. The fourth-order valence-electron chi connectivity index (χ4n) is 3.40. The molecule has 4 rings (SSSR count). The molecule has 0 aliphatic rings. The monoisotopic (exact) mass is 442 g/mol.